The summed E-state index contributed by atoms with van der Waals surface area (Å²) >= 11 is 0. The second-order valence-corrected chi connectivity index (χ2v) is 25.6. The van der Waals surface area contributed by atoms with Crippen LogP contribution in [0.3, 0.4) is 0 Å². The first-order chi connectivity index (χ1) is 19.3. The van der Waals surface area contributed by atoms with E-state index >= 15 is 0 Å². The van der Waals surface area contributed by atoms with Gasteiger partial charge in [-0.25, -0.2) is 11.1 Å². The van der Waals surface area contributed by atoms with Gasteiger partial charge in [0.15, 0.2) is 18.3 Å². The molecular formula is C21H42FeN3O6S12. The second-order valence-electron chi connectivity index (χ2n) is 8.89. The van der Waals surface area contributed by atoms with Gasteiger partial charge in [0.1, 0.15) is 0 Å². The molecule has 9 nitrogen and oxygen atoms in total. The third-order valence-electron chi connectivity index (χ3n) is 2.27. The summed E-state index contributed by atoms with van der Waals surface area (Å²) in [6.07, 6.45) is -3.45. The van der Waals surface area contributed by atoms with Crippen LogP contribution in [0, 0.1) is 0 Å². The monoisotopic (exact) mass is 872 g/mol. The molecule has 0 atom stereocenters. The summed E-state index contributed by atoms with van der Waals surface area (Å²) in [5, 5.41) is 34.4. The predicted molar refractivity (Wildman–Crippen MR) is 204 cm³/mol. The Hall–Kier alpha value is 2.53. The molecule has 0 N–H and O–H groups in total. The zero-order valence-electron chi connectivity index (χ0n) is 26.0. The molecule has 0 aromatic carbocycles. The first-order valence-corrected chi connectivity index (χ1v) is 25.4. The van der Waals surface area contributed by atoms with Crippen molar-refractivity contribution in [2.24, 2.45) is 0 Å². The fraction of sp³-hybridized carbons (Fsp3) is 0.857. The number of nitrogens with zero attached hydrogens (tertiary/aromatic N) is 3. The Balaban J connectivity index is -0.000000262. The van der Waals surface area contributed by atoms with Crippen molar-refractivity contribution in [1.29, 1.82) is 0 Å². The smallest absolute Gasteiger partial charge is 0.529 e. The molecule has 0 aliphatic heterocycles. The number of carboxylic acid groups (broad SMARTS) is 3. The van der Waals surface area contributed by atoms with Crippen LogP contribution in [0.25, 0.3) is 0 Å². The zero-order chi connectivity index (χ0) is 33.4. The number of carbonyl (C=O) groups excluding carboxylic acids is 3. The van der Waals surface area contributed by atoms with E-state index < -0.39 is 18.3 Å². The summed E-state index contributed by atoms with van der Waals surface area (Å²) in [5.74, 6) is 0. The minimum atomic E-state index is -1.15. The van der Waals surface area contributed by atoms with Crippen molar-refractivity contribution < 1.29 is 46.8 Å². The summed E-state index contributed by atoms with van der Waals surface area (Å²) in [6, 6.07) is 0. The summed E-state index contributed by atoms with van der Waals surface area (Å²) in [6.45, 7) is 24.2. The molecule has 0 bridgehead atoms. The number of carbonyl (C=O) groups is 3. The summed E-state index contributed by atoms with van der Waals surface area (Å²) in [5.41, 5.74) is 0. The number of hydrogen-bond acceptors (Lipinski definition) is 18. The Bertz CT molecular complexity index is 592. The van der Waals surface area contributed by atoms with Gasteiger partial charge in [0.2, 0.25) is 0 Å². The molecule has 43 heavy (non-hydrogen) atoms. The van der Waals surface area contributed by atoms with E-state index in [4.69, 9.17) is 0 Å². The summed E-state index contributed by atoms with van der Waals surface area (Å²) < 4.78 is 3.53. The van der Waals surface area contributed by atoms with Crippen LogP contribution in [-0.2, 0) is 17.1 Å². The standard InChI is InChI=1S/3C7H15NO2S4.Fe/c3*1-5(2)11-13-8(7(9)10)14-12-6(3)4;/h3*5-6H,1-4H3,(H,9,10);/q;;;+3/p-3. The SMILES string of the molecule is CC(C)SSN(SSC(C)C)C(=O)[O-].CC(C)SSN(SSC(C)C)C(=O)[O-].CC(C)SSN(SSC(C)C)C(=O)[O-].[Fe+3]. The molecule has 0 aromatic heterocycles. The number of hydrogen-bond donors (Lipinski definition) is 0. The molecule has 0 saturated heterocycles. The molecule has 22 heteroatoms. The van der Waals surface area contributed by atoms with E-state index in [1.54, 1.807) is 0 Å². The van der Waals surface area contributed by atoms with Crippen molar-refractivity contribution >= 4 is 149 Å². The Kier molecular flexibility index (Phi) is 40.2. The van der Waals surface area contributed by atoms with Crippen LogP contribution in [0.1, 0.15) is 83.1 Å². The maximum atomic E-state index is 10.7. The fourth-order valence-corrected chi connectivity index (χ4v) is 13.3. The van der Waals surface area contributed by atoms with E-state index in [-0.39, 0.29) is 17.1 Å². The van der Waals surface area contributed by atoms with E-state index in [1.165, 1.54) is 142 Å². The number of rotatable bonds is 18. The van der Waals surface area contributed by atoms with Gasteiger partial charge >= 0.3 is 17.1 Å². The molecule has 0 saturated carbocycles. The van der Waals surface area contributed by atoms with Crippen LogP contribution in [0.5, 0.6) is 0 Å². The third-order valence-corrected chi connectivity index (χ3v) is 21.0. The molecule has 3 amide bonds. The molecule has 0 rings (SSSR count). The van der Waals surface area contributed by atoms with Crippen molar-refractivity contribution in [1.82, 2.24) is 11.1 Å². The maximum Gasteiger partial charge on any atom is 3.00 e. The average Bonchev–Trinajstić information content (AvgIpc) is 2.83. The average molecular weight is 873 g/mol. The van der Waals surface area contributed by atoms with Crippen LogP contribution in [-0.4, -0.2) is 60.9 Å². The first kappa shape index (κ1) is 52.3. The van der Waals surface area contributed by atoms with Crippen molar-refractivity contribution in [3.63, 3.8) is 0 Å². The van der Waals surface area contributed by atoms with E-state index in [0.717, 1.165) is 0 Å². The van der Waals surface area contributed by atoms with E-state index in [9.17, 15) is 29.7 Å². The molecule has 0 spiro atoms. The van der Waals surface area contributed by atoms with E-state index in [1.807, 2.05) is 83.1 Å². The minimum Gasteiger partial charge on any atom is -0.529 e. The Morgan fingerprint density at radius 2 is 0.488 bits per heavy atom. The van der Waals surface area contributed by atoms with Crippen LogP contribution in [0.4, 0.5) is 14.4 Å². The van der Waals surface area contributed by atoms with Gasteiger partial charge in [-0.3, -0.25) is 0 Å². The van der Waals surface area contributed by atoms with Gasteiger partial charge < -0.3 is 29.7 Å². The van der Waals surface area contributed by atoms with Gasteiger partial charge in [0, 0.05) is 97.4 Å². The molecule has 0 aliphatic carbocycles. The van der Waals surface area contributed by atoms with E-state index in [0.29, 0.717) is 31.5 Å². The van der Waals surface area contributed by atoms with Gasteiger partial charge in [-0.1, -0.05) is 148 Å². The second kappa shape index (κ2) is 33.0. The summed E-state index contributed by atoms with van der Waals surface area (Å²) in [7, 11) is 16.3. The van der Waals surface area contributed by atoms with Gasteiger partial charge in [-0.2, -0.15) is 0 Å². The fourth-order valence-electron chi connectivity index (χ4n) is 0.971. The van der Waals surface area contributed by atoms with Crippen LogP contribution in [0.2, 0.25) is 0 Å². The topological polar surface area (TPSA) is 130 Å². The molecule has 257 valence electrons. The van der Waals surface area contributed by atoms with Crippen LogP contribution < -0.4 is 15.3 Å². The van der Waals surface area contributed by atoms with Crippen molar-refractivity contribution in [3.8, 4) is 0 Å². The molecule has 1 radical (unpaired) electrons. The van der Waals surface area contributed by atoms with Crippen molar-refractivity contribution in [3.05, 3.63) is 0 Å². The van der Waals surface area contributed by atoms with Gasteiger partial charge in [0.25, 0.3) is 0 Å². The van der Waals surface area contributed by atoms with Gasteiger partial charge in [-0.05, 0) is 0 Å². The van der Waals surface area contributed by atoms with Gasteiger partial charge in [0.05, 0.1) is 0 Å². The predicted octanol–water partition coefficient (Wildman–Crippen LogP) is 9.12. The zero-order valence-corrected chi connectivity index (χ0v) is 36.9. The summed E-state index contributed by atoms with van der Waals surface area (Å²) in [4.78, 5) is 32.0. The Labute approximate surface area is 317 Å². The van der Waals surface area contributed by atoms with Gasteiger partial charge in [-0.15, -0.1) is 0 Å². The van der Waals surface area contributed by atoms with Crippen LogP contribution >= 0.6 is 131 Å². The minimum absolute atomic E-state index is 0. The Morgan fingerprint density at radius 3 is 0.558 bits per heavy atom. The molecule has 0 unspecified atom stereocenters. The number of amides is 3. The van der Waals surface area contributed by atoms with E-state index in [2.05, 4.69) is 0 Å². The molecular weight excluding hydrogens is 831 g/mol. The molecule has 0 heterocycles. The molecule has 0 aliphatic rings. The first-order valence-electron chi connectivity index (χ1n) is 12.3. The molecule has 0 aromatic rings. The van der Waals surface area contributed by atoms with Crippen molar-refractivity contribution in [2.45, 2.75) is 115 Å². The Morgan fingerprint density at radius 1 is 0.372 bits per heavy atom. The largest absolute Gasteiger partial charge is 3.00 e. The normalized spacial score (nSPS) is 10.7. The quantitative estimate of drug-likeness (QED) is 0.0736. The van der Waals surface area contributed by atoms with Crippen molar-refractivity contribution in [2.75, 3.05) is 0 Å². The maximum absolute atomic E-state index is 10.7. The molecule has 0 fully saturated rings. The van der Waals surface area contributed by atoms with Crippen LogP contribution in [0.15, 0.2) is 0 Å². The third kappa shape index (κ3) is 40.6.